The molecule has 1 N–H and O–H groups in total. The number of nitrogens with zero attached hydrogens (tertiary/aromatic N) is 2. The van der Waals surface area contributed by atoms with Crippen LogP contribution < -0.4 is 0 Å². The van der Waals surface area contributed by atoms with Crippen LogP contribution in [0.15, 0.2) is 24.3 Å². The lowest BCUT2D eigenvalue weighted by atomic mass is 10.1. The molecule has 7 nitrogen and oxygen atoms in total. The number of hydrogen-bond donors (Lipinski definition) is 1. The normalized spacial score (nSPS) is 23.1. The fourth-order valence-electron chi connectivity index (χ4n) is 3.30. The molecule has 1 aromatic rings. The highest BCUT2D eigenvalue weighted by molar-refractivity contribution is 5.83. The molecule has 0 aliphatic carbocycles. The van der Waals surface area contributed by atoms with E-state index in [2.05, 4.69) is 0 Å². The van der Waals surface area contributed by atoms with Gasteiger partial charge in [-0.2, -0.15) is 0 Å². The van der Waals surface area contributed by atoms with Crippen molar-refractivity contribution in [3.8, 4) is 0 Å². The summed E-state index contributed by atoms with van der Waals surface area (Å²) < 4.78 is 19.0. The van der Waals surface area contributed by atoms with Gasteiger partial charge >= 0.3 is 5.97 Å². The molecule has 0 unspecified atom stereocenters. The summed E-state index contributed by atoms with van der Waals surface area (Å²) >= 11 is 0. The molecular formula is C18H21FN2O5. The molecule has 2 fully saturated rings. The molecule has 0 bridgehead atoms. The summed E-state index contributed by atoms with van der Waals surface area (Å²) in [5.74, 6) is -1.86. The fraction of sp³-hybridized carbons (Fsp3) is 0.500. The van der Waals surface area contributed by atoms with E-state index in [-0.39, 0.29) is 18.2 Å². The number of ether oxygens (including phenoxy) is 1. The topological polar surface area (TPSA) is 87.2 Å². The van der Waals surface area contributed by atoms with Gasteiger partial charge in [0.05, 0.1) is 6.42 Å². The molecule has 0 radical (unpaired) electrons. The Hall–Kier alpha value is -2.48. The van der Waals surface area contributed by atoms with E-state index in [0.29, 0.717) is 44.6 Å². The van der Waals surface area contributed by atoms with E-state index in [0.717, 1.165) is 0 Å². The zero-order chi connectivity index (χ0) is 18.7. The Balaban J connectivity index is 1.49. The number of rotatable bonds is 4. The molecule has 2 saturated heterocycles. The van der Waals surface area contributed by atoms with Gasteiger partial charge in [0.2, 0.25) is 5.91 Å². The fourth-order valence-corrected chi connectivity index (χ4v) is 3.30. The molecule has 2 aliphatic heterocycles. The molecule has 0 aromatic heterocycles. The van der Waals surface area contributed by atoms with E-state index in [1.807, 2.05) is 0 Å². The van der Waals surface area contributed by atoms with Crippen LogP contribution in [0.2, 0.25) is 0 Å². The van der Waals surface area contributed by atoms with E-state index in [1.165, 1.54) is 6.07 Å². The first-order chi connectivity index (χ1) is 12.5. The van der Waals surface area contributed by atoms with Crippen LogP contribution in [0.4, 0.5) is 4.39 Å². The minimum atomic E-state index is -1.05. The molecule has 3 rings (SSSR count). The molecule has 26 heavy (non-hydrogen) atoms. The van der Waals surface area contributed by atoms with Gasteiger partial charge in [-0.1, -0.05) is 18.2 Å². The van der Waals surface area contributed by atoms with Gasteiger partial charge in [-0.15, -0.1) is 0 Å². The van der Waals surface area contributed by atoms with Gasteiger partial charge in [0.25, 0.3) is 5.91 Å². The number of piperazine rings is 1. The predicted octanol–water partition coefficient (Wildman–Crippen LogP) is 0.671. The van der Waals surface area contributed by atoms with Gasteiger partial charge in [0, 0.05) is 26.2 Å². The second kappa shape index (κ2) is 7.82. The third-order valence-corrected chi connectivity index (χ3v) is 4.81. The molecule has 2 aliphatic rings. The number of benzene rings is 1. The molecule has 2 atom stereocenters. The maximum Gasteiger partial charge on any atom is 0.332 e. The lowest BCUT2D eigenvalue weighted by Gasteiger charge is -2.35. The molecule has 1 aromatic carbocycles. The number of aliphatic carboxylic acids is 1. The van der Waals surface area contributed by atoms with Gasteiger partial charge in [-0.05, 0) is 24.5 Å². The number of carboxylic acid groups (broad SMARTS) is 1. The average Bonchev–Trinajstić information content (AvgIpc) is 3.13. The van der Waals surface area contributed by atoms with Crippen molar-refractivity contribution in [2.45, 2.75) is 31.5 Å². The maximum absolute atomic E-state index is 13.7. The van der Waals surface area contributed by atoms with E-state index in [9.17, 15) is 18.8 Å². The average molecular weight is 364 g/mol. The second-order valence-corrected chi connectivity index (χ2v) is 6.50. The molecule has 2 amide bonds. The predicted molar refractivity (Wildman–Crippen MR) is 88.8 cm³/mol. The van der Waals surface area contributed by atoms with E-state index in [1.54, 1.807) is 28.0 Å². The van der Waals surface area contributed by atoms with Crippen molar-refractivity contribution in [3.05, 3.63) is 35.6 Å². The summed E-state index contributed by atoms with van der Waals surface area (Å²) in [6, 6.07) is 6.18. The summed E-state index contributed by atoms with van der Waals surface area (Å²) in [4.78, 5) is 38.9. The molecule has 140 valence electrons. The van der Waals surface area contributed by atoms with E-state index < -0.39 is 24.0 Å². The zero-order valence-electron chi connectivity index (χ0n) is 14.3. The number of halogens is 1. The van der Waals surface area contributed by atoms with Crippen molar-refractivity contribution in [1.29, 1.82) is 0 Å². The van der Waals surface area contributed by atoms with Crippen molar-refractivity contribution >= 4 is 17.8 Å². The zero-order valence-corrected chi connectivity index (χ0v) is 14.3. The summed E-state index contributed by atoms with van der Waals surface area (Å²) in [6.45, 7) is 1.46. The second-order valence-electron chi connectivity index (χ2n) is 6.50. The highest BCUT2D eigenvalue weighted by Crippen LogP contribution is 2.22. The maximum atomic E-state index is 13.7. The highest BCUT2D eigenvalue weighted by Gasteiger charge is 2.37. The Morgan fingerprint density at radius 2 is 1.65 bits per heavy atom. The Morgan fingerprint density at radius 1 is 1.04 bits per heavy atom. The van der Waals surface area contributed by atoms with Crippen LogP contribution in [0.1, 0.15) is 18.4 Å². The third kappa shape index (κ3) is 4.01. The largest absolute Gasteiger partial charge is 0.479 e. The van der Waals surface area contributed by atoms with E-state index in [4.69, 9.17) is 9.84 Å². The first-order valence-electron chi connectivity index (χ1n) is 8.64. The summed E-state index contributed by atoms with van der Waals surface area (Å²) in [5.41, 5.74) is 0.357. The number of amides is 2. The quantitative estimate of drug-likeness (QED) is 0.849. The van der Waals surface area contributed by atoms with Gasteiger partial charge in [-0.25, -0.2) is 9.18 Å². The first kappa shape index (κ1) is 18.3. The standard InChI is InChI=1S/C18H21FN2O5/c19-13-4-2-1-3-12(13)11-16(22)20-7-9-21(10-8-20)17(23)14-5-6-15(26-14)18(24)25/h1-4,14-15H,5-11H2,(H,24,25)/t14-,15+/m0/s1. The minimum absolute atomic E-state index is 0.00729. The van der Waals surface area contributed by atoms with Crippen LogP contribution in [0.25, 0.3) is 0 Å². The minimum Gasteiger partial charge on any atom is -0.479 e. The van der Waals surface area contributed by atoms with Crippen molar-refractivity contribution in [2.24, 2.45) is 0 Å². The number of carboxylic acids is 1. The number of carbonyl (C=O) groups is 3. The van der Waals surface area contributed by atoms with Crippen molar-refractivity contribution in [1.82, 2.24) is 9.80 Å². The first-order valence-corrected chi connectivity index (χ1v) is 8.64. The molecular weight excluding hydrogens is 343 g/mol. The van der Waals surface area contributed by atoms with Crippen molar-refractivity contribution in [2.75, 3.05) is 26.2 Å². The van der Waals surface area contributed by atoms with Gasteiger partial charge in [0.15, 0.2) is 6.10 Å². The summed E-state index contributed by atoms with van der Waals surface area (Å²) in [7, 11) is 0. The van der Waals surface area contributed by atoms with Gasteiger partial charge in [-0.3, -0.25) is 9.59 Å². The Morgan fingerprint density at radius 3 is 2.27 bits per heavy atom. The number of hydrogen-bond acceptors (Lipinski definition) is 4. The Kier molecular flexibility index (Phi) is 5.51. The lowest BCUT2D eigenvalue weighted by molar-refractivity contribution is -0.156. The van der Waals surface area contributed by atoms with Crippen LogP contribution in [0.3, 0.4) is 0 Å². The van der Waals surface area contributed by atoms with Crippen LogP contribution in [-0.4, -0.2) is 71.1 Å². The summed E-state index contributed by atoms with van der Waals surface area (Å²) in [6.07, 6.45) is -0.939. The lowest BCUT2D eigenvalue weighted by Crippen LogP contribution is -2.53. The molecule has 0 saturated carbocycles. The Bertz CT molecular complexity index is 703. The van der Waals surface area contributed by atoms with Gasteiger partial charge < -0.3 is 19.6 Å². The van der Waals surface area contributed by atoms with Crippen LogP contribution in [0, 0.1) is 5.82 Å². The van der Waals surface area contributed by atoms with E-state index >= 15 is 0 Å². The molecule has 8 heteroatoms. The van der Waals surface area contributed by atoms with Crippen molar-refractivity contribution in [3.63, 3.8) is 0 Å². The molecule has 2 heterocycles. The number of carbonyl (C=O) groups excluding carboxylic acids is 2. The Labute approximate surface area is 150 Å². The van der Waals surface area contributed by atoms with Crippen LogP contribution in [-0.2, 0) is 25.5 Å². The monoisotopic (exact) mass is 364 g/mol. The SMILES string of the molecule is O=C(O)[C@H]1CC[C@@H](C(=O)N2CCN(C(=O)Cc3ccccc3F)CC2)O1. The van der Waals surface area contributed by atoms with Crippen LogP contribution in [0.5, 0.6) is 0 Å². The summed E-state index contributed by atoms with van der Waals surface area (Å²) in [5, 5.41) is 8.94. The van der Waals surface area contributed by atoms with Crippen LogP contribution >= 0.6 is 0 Å². The third-order valence-electron chi connectivity index (χ3n) is 4.81. The van der Waals surface area contributed by atoms with Crippen molar-refractivity contribution < 1.29 is 28.6 Å². The van der Waals surface area contributed by atoms with Gasteiger partial charge in [0.1, 0.15) is 11.9 Å². The highest BCUT2D eigenvalue weighted by atomic mass is 19.1. The molecule has 0 spiro atoms. The smallest absolute Gasteiger partial charge is 0.332 e.